The van der Waals surface area contributed by atoms with Gasteiger partial charge in [0.15, 0.2) is 0 Å². The van der Waals surface area contributed by atoms with Crippen LogP contribution in [0.3, 0.4) is 0 Å². The standard InChI is InChI=1S/C16H23BrO2S/c1-15(2,3)11-4-6-16(7-5-11,14(18)19)9-13-8-12(17)10-20-13/h8,10-11H,4-7,9H2,1-3H3,(H,18,19). The number of rotatable bonds is 3. The molecule has 0 atom stereocenters. The van der Waals surface area contributed by atoms with Crippen LogP contribution in [0.1, 0.15) is 51.3 Å². The van der Waals surface area contributed by atoms with Gasteiger partial charge in [0.1, 0.15) is 0 Å². The first kappa shape index (κ1) is 16.0. The van der Waals surface area contributed by atoms with Crippen molar-refractivity contribution >= 4 is 33.2 Å². The highest BCUT2D eigenvalue weighted by atomic mass is 79.9. The van der Waals surface area contributed by atoms with Gasteiger partial charge >= 0.3 is 5.97 Å². The Morgan fingerprint density at radius 3 is 2.45 bits per heavy atom. The molecule has 0 aromatic carbocycles. The quantitative estimate of drug-likeness (QED) is 0.789. The van der Waals surface area contributed by atoms with Crippen molar-refractivity contribution in [2.45, 2.75) is 52.9 Å². The Kier molecular flexibility index (Phi) is 4.65. The smallest absolute Gasteiger partial charge is 0.309 e. The van der Waals surface area contributed by atoms with Crippen LogP contribution < -0.4 is 0 Å². The van der Waals surface area contributed by atoms with E-state index in [4.69, 9.17) is 0 Å². The van der Waals surface area contributed by atoms with E-state index in [9.17, 15) is 9.90 Å². The third-order valence-electron chi connectivity index (χ3n) is 4.76. The number of hydrogen-bond acceptors (Lipinski definition) is 2. The van der Waals surface area contributed by atoms with Gasteiger partial charge < -0.3 is 5.11 Å². The summed E-state index contributed by atoms with van der Waals surface area (Å²) < 4.78 is 1.06. The molecule has 0 saturated heterocycles. The molecular formula is C16H23BrO2S. The van der Waals surface area contributed by atoms with Crippen molar-refractivity contribution in [3.63, 3.8) is 0 Å². The van der Waals surface area contributed by atoms with Crippen molar-refractivity contribution in [3.05, 3.63) is 20.8 Å². The number of halogens is 1. The van der Waals surface area contributed by atoms with E-state index in [1.807, 2.05) is 5.38 Å². The van der Waals surface area contributed by atoms with Crippen molar-refractivity contribution < 1.29 is 9.90 Å². The topological polar surface area (TPSA) is 37.3 Å². The third-order valence-corrected chi connectivity index (χ3v) is 6.45. The molecule has 1 saturated carbocycles. The van der Waals surface area contributed by atoms with Gasteiger partial charge in [-0.15, -0.1) is 11.3 Å². The van der Waals surface area contributed by atoms with Gasteiger partial charge in [0.25, 0.3) is 0 Å². The lowest BCUT2D eigenvalue weighted by atomic mass is 9.63. The van der Waals surface area contributed by atoms with Crippen molar-refractivity contribution in [1.29, 1.82) is 0 Å². The van der Waals surface area contributed by atoms with Crippen molar-refractivity contribution in [2.75, 3.05) is 0 Å². The van der Waals surface area contributed by atoms with Gasteiger partial charge in [-0.25, -0.2) is 0 Å². The molecule has 0 aliphatic heterocycles. The predicted octanol–water partition coefficient (Wildman–Crippen LogP) is 5.36. The van der Waals surface area contributed by atoms with Crippen LogP contribution in [0, 0.1) is 16.7 Å². The molecule has 0 spiro atoms. The fourth-order valence-corrected chi connectivity index (χ4v) is 4.88. The van der Waals surface area contributed by atoms with E-state index in [2.05, 4.69) is 42.8 Å². The average molecular weight is 359 g/mol. The Balaban J connectivity index is 2.11. The Hall–Kier alpha value is -0.350. The van der Waals surface area contributed by atoms with E-state index in [0.29, 0.717) is 12.3 Å². The monoisotopic (exact) mass is 358 g/mol. The highest BCUT2D eigenvalue weighted by Gasteiger charge is 2.44. The van der Waals surface area contributed by atoms with E-state index in [1.54, 1.807) is 11.3 Å². The SMILES string of the molecule is CC(C)(C)C1CCC(Cc2cc(Br)cs2)(C(=O)O)CC1. The van der Waals surface area contributed by atoms with Crippen LogP contribution in [0.15, 0.2) is 15.9 Å². The highest BCUT2D eigenvalue weighted by Crippen LogP contribution is 2.47. The molecule has 2 rings (SSSR count). The van der Waals surface area contributed by atoms with E-state index in [-0.39, 0.29) is 5.41 Å². The zero-order valence-electron chi connectivity index (χ0n) is 12.4. The summed E-state index contributed by atoms with van der Waals surface area (Å²) in [6.45, 7) is 6.80. The van der Waals surface area contributed by atoms with Gasteiger partial charge in [-0.1, -0.05) is 20.8 Å². The van der Waals surface area contributed by atoms with Crippen LogP contribution in [0.5, 0.6) is 0 Å². The van der Waals surface area contributed by atoms with Crippen LogP contribution in [0.25, 0.3) is 0 Å². The number of carboxylic acid groups (broad SMARTS) is 1. The maximum Gasteiger partial charge on any atom is 0.309 e. The summed E-state index contributed by atoms with van der Waals surface area (Å²) in [5.41, 5.74) is -0.261. The first-order valence-corrected chi connectivity index (χ1v) is 8.86. The lowest BCUT2D eigenvalue weighted by molar-refractivity contribution is -0.152. The molecule has 1 aromatic heterocycles. The van der Waals surface area contributed by atoms with Gasteiger partial charge in [-0.2, -0.15) is 0 Å². The number of carboxylic acids is 1. The Morgan fingerprint density at radius 2 is 2.05 bits per heavy atom. The second kappa shape index (κ2) is 5.80. The second-order valence-electron chi connectivity index (χ2n) is 7.13. The third kappa shape index (κ3) is 3.45. The zero-order valence-corrected chi connectivity index (χ0v) is 14.8. The first-order chi connectivity index (χ1) is 9.23. The second-order valence-corrected chi connectivity index (χ2v) is 9.05. The number of aliphatic carboxylic acids is 1. The molecule has 112 valence electrons. The molecule has 2 nitrogen and oxygen atoms in total. The van der Waals surface area contributed by atoms with Crippen LogP contribution in [-0.2, 0) is 11.2 Å². The molecular weight excluding hydrogens is 336 g/mol. The molecule has 0 amide bonds. The lowest BCUT2D eigenvalue weighted by Gasteiger charge is -2.41. The Morgan fingerprint density at radius 1 is 1.45 bits per heavy atom. The van der Waals surface area contributed by atoms with Gasteiger partial charge in [-0.05, 0) is 65.4 Å². The van der Waals surface area contributed by atoms with E-state index < -0.39 is 11.4 Å². The highest BCUT2D eigenvalue weighted by molar-refractivity contribution is 9.10. The fourth-order valence-electron chi connectivity index (χ4n) is 3.28. The summed E-state index contributed by atoms with van der Waals surface area (Å²) in [5, 5.41) is 11.8. The number of hydrogen-bond donors (Lipinski definition) is 1. The summed E-state index contributed by atoms with van der Waals surface area (Å²) >= 11 is 5.11. The minimum atomic E-state index is -0.616. The van der Waals surface area contributed by atoms with Crippen LogP contribution >= 0.6 is 27.3 Å². The van der Waals surface area contributed by atoms with E-state index >= 15 is 0 Å². The molecule has 1 N–H and O–H groups in total. The molecule has 0 bridgehead atoms. The predicted molar refractivity (Wildman–Crippen MR) is 87.2 cm³/mol. The van der Waals surface area contributed by atoms with Gasteiger partial charge in [0.2, 0.25) is 0 Å². The maximum atomic E-state index is 11.8. The lowest BCUT2D eigenvalue weighted by Crippen LogP contribution is -2.39. The molecule has 1 fully saturated rings. The number of thiophene rings is 1. The Labute approximate surface area is 133 Å². The molecule has 0 radical (unpaired) electrons. The van der Waals surface area contributed by atoms with Crippen LogP contribution in [-0.4, -0.2) is 11.1 Å². The van der Waals surface area contributed by atoms with Crippen molar-refractivity contribution in [2.24, 2.45) is 16.7 Å². The van der Waals surface area contributed by atoms with Gasteiger partial charge in [0.05, 0.1) is 5.41 Å². The summed E-state index contributed by atoms with van der Waals surface area (Å²) in [4.78, 5) is 13.0. The Bertz CT molecular complexity index is 479. The molecule has 1 aliphatic rings. The molecule has 1 heterocycles. The summed E-state index contributed by atoms with van der Waals surface area (Å²) in [6, 6.07) is 2.06. The van der Waals surface area contributed by atoms with E-state index in [0.717, 1.165) is 30.2 Å². The molecule has 1 aromatic rings. The van der Waals surface area contributed by atoms with Gasteiger partial charge in [0, 0.05) is 14.7 Å². The maximum absolute atomic E-state index is 11.8. The van der Waals surface area contributed by atoms with Gasteiger partial charge in [-0.3, -0.25) is 4.79 Å². The summed E-state index contributed by atoms with van der Waals surface area (Å²) in [7, 11) is 0. The molecule has 0 unspecified atom stereocenters. The molecule has 4 heteroatoms. The zero-order chi connectivity index (χ0) is 15.0. The van der Waals surface area contributed by atoms with Crippen LogP contribution in [0.4, 0.5) is 0 Å². The minimum Gasteiger partial charge on any atom is -0.481 e. The largest absolute Gasteiger partial charge is 0.481 e. The average Bonchev–Trinajstić information content (AvgIpc) is 2.74. The first-order valence-electron chi connectivity index (χ1n) is 7.19. The van der Waals surface area contributed by atoms with Crippen molar-refractivity contribution in [3.8, 4) is 0 Å². The minimum absolute atomic E-state index is 0.288. The molecule has 20 heavy (non-hydrogen) atoms. The fraction of sp³-hybridized carbons (Fsp3) is 0.688. The number of carbonyl (C=O) groups is 1. The van der Waals surface area contributed by atoms with Crippen molar-refractivity contribution in [1.82, 2.24) is 0 Å². The summed E-state index contributed by atoms with van der Waals surface area (Å²) in [6.07, 6.45) is 4.35. The molecule has 1 aliphatic carbocycles. The normalized spacial score (nSPS) is 27.5. The summed E-state index contributed by atoms with van der Waals surface area (Å²) in [5.74, 6) is 0.0272. The van der Waals surface area contributed by atoms with E-state index in [1.165, 1.54) is 4.88 Å². The van der Waals surface area contributed by atoms with Crippen LogP contribution in [0.2, 0.25) is 0 Å².